The highest BCUT2D eigenvalue weighted by Gasteiger charge is 2.24. The van der Waals surface area contributed by atoms with Crippen LogP contribution in [0.3, 0.4) is 0 Å². The third-order valence-corrected chi connectivity index (χ3v) is 6.73. The van der Waals surface area contributed by atoms with Gasteiger partial charge in [0.25, 0.3) is 0 Å². The fraction of sp³-hybridized carbons (Fsp3) is 0.391. The summed E-state index contributed by atoms with van der Waals surface area (Å²) in [5.74, 6) is 0.877. The standard InChI is InChI=1S/C23H27NOS2/c1-3-25-19-9-8-15(2)20(14-19)23(27)22(26)18-12-16-6-4-10-24-11-5-7-17(13-18)21(16)24/h8-9,12-14,26-27H,3-7,10-11H2,1-2H3. The van der Waals surface area contributed by atoms with Gasteiger partial charge in [0.2, 0.25) is 0 Å². The summed E-state index contributed by atoms with van der Waals surface area (Å²) in [6, 6.07) is 10.8. The molecule has 2 aliphatic heterocycles. The summed E-state index contributed by atoms with van der Waals surface area (Å²) in [4.78, 5) is 4.42. The molecule has 2 heterocycles. The Labute approximate surface area is 173 Å². The summed E-state index contributed by atoms with van der Waals surface area (Å²) in [7, 11) is 0. The van der Waals surface area contributed by atoms with Crippen LogP contribution in [0, 0.1) is 6.92 Å². The number of hydrogen-bond donors (Lipinski definition) is 2. The summed E-state index contributed by atoms with van der Waals surface area (Å²) >= 11 is 9.77. The topological polar surface area (TPSA) is 12.5 Å². The molecule has 0 spiro atoms. The Morgan fingerprint density at radius 2 is 1.67 bits per heavy atom. The fourth-order valence-corrected chi connectivity index (χ4v) is 4.94. The van der Waals surface area contributed by atoms with E-state index in [2.05, 4.69) is 36.1 Å². The fourth-order valence-electron chi connectivity index (χ4n) is 4.32. The van der Waals surface area contributed by atoms with Gasteiger partial charge in [0, 0.05) is 28.6 Å². The molecule has 142 valence electrons. The van der Waals surface area contributed by atoms with Gasteiger partial charge in [0.15, 0.2) is 0 Å². The number of rotatable bonds is 4. The molecule has 4 heteroatoms. The first-order chi connectivity index (χ1) is 13.1. The van der Waals surface area contributed by atoms with Crippen molar-refractivity contribution in [3.8, 4) is 5.75 Å². The smallest absolute Gasteiger partial charge is 0.119 e. The first-order valence-corrected chi connectivity index (χ1v) is 10.7. The van der Waals surface area contributed by atoms with E-state index in [9.17, 15) is 0 Å². The maximum atomic E-state index is 5.68. The van der Waals surface area contributed by atoms with Crippen molar-refractivity contribution in [2.75, 3.05) is 24.6 Å². The minimum Gasteiger partial charge on any atom is -0.494 e. The Balaban J connectivity index is 1.78. The van der Waals surface area contributed by atoms with Crippen LogP contribution < -0.4 is 9.64 Å². The average molecular weight is 398 g/mol. The molecule has 2 nitrogen and oxygen atoms in total. The lowest BCUT2D eigenvalue weighted by Gasteiger charge is -2.37. The van der Waals surface area contributed by atoms with Crippen molar-refractivity contribution in [2.45, 2.75) is 39.5 Å². The van der Waals surface area contributed by atoms with Crippen molar-refractivity contribution in [2.24, 2.45) is 0 Å². The number of thiol groups is 2. The lowest BCUT2D eigenvalue weighted by Crippen LogP contribution is -2.34. The van der Waals surface area contributed by atoms with Crippen LogP contribution >= 0.6 is 25.3 Å². The molecule has 2 aromatic carbocycles. The van der Waals surface area contributed by atoms with Crippen LogP contribution in [0.1, 0.15) is 47.6 Å². The van der Waals surface area contributed by atoms with E-state index in [1.807, 2.05) is 13.0 Å². The molecule has 0 saturated carbocycles. The van der Waals surface area contributed by atoms with Gasteiger partial charge in [-0.1, -0.05) is 6.07 Å². The van der Waals surface area contributed by atoms with Gasteiger partial charge in [-0.2, -0.15) is 0 Å². The SMILES string of the molecule is CCOc1ccc(C)c(C(S)=C(S)c2cc3c4c(c2)CCCN4CCC3)c1. The van der Waals surface area contributed by atoms with Gasteiger partial charge in [0.1, 0.15) is 5.75 Å². The van der Waals surface area contributed by atoms with Crippen molar-refractivity contribution in [3.05, 3.63) is 58.1 Å². The first kappa shape index (κ1) is 18.8. The first-order valence-electron chi connectivity index (χ1n) is 9.85. The van der Waals surface area contributed by atoms with E-state index < -0.39 is 0 Å². The molecule has 27 heavy (non-hydrogen) atoms. The Kier molecular flexibility index (Phi) is 5.47. The highest BCUT2D eigenvalue weighted by Crippen LogP contribution is 2.41. The molecule has 4 rings (SSSR count). The highest BCUT2D eigenvalue weighted by molar-refractivity contribution is 7.96. The second kappa shape index (κ2) is 7.84. The van der Waals surface area contributed by atoms with Crippen molar-refractivity contribution in [3.63, 3.8) is 0 Å². The van der Waals surface area contributed by atoms with E-state index in [4.69, 9.17) is 30.0 Å². The normalized spacial score (nSPS) is 16.7. The number of benzene rings is 2. The van der Waals surface area contributed by atoms with Crippen LogP contribution in [0.5, 0.6) is 5.75 Å². The Hall–Kier alpha value is -1.52. The van der Waals surface area contributed by atoms with E-state index in [1.54, 1.807) is 0 Å². The molecule has 0 aliphatic carbocycles. The summed E-state index contributed by atoms with van der Waals surface area (Å²) in [6.07, 6.45) is 4.80. The molecule has 0 atom stereocenters. The van der Waals surface area contributed by atoms with E-state index in [1.165, 1.54) is 53.9 Å². The van der Waals surface area contributed by atoms with Gasteiger partial charge >= 0.3 is 0 Å². The largest absolute Gasteiger partial charge is 0.494 e. The van der Waals surface area contributed by atoms with Gasteiger partial charge < -0.3 is 9.64 Å². The molecule has 0 unspecified atom stereocenters. The van der Waals surface area contributed by atoms with Crippen molar-refractivity contribution < 1.29 is 4.74 Å². The summed E-state index contributed by atoms with van der Waals surface area (Å²) in [6.45, 7) is 7.17. The van der Waals surface area contributed by atoms with Crippen molar-refractivity contribution >= 4 is 40.8 Å². The number of aryl methyl sites for hydroxylation is 3. The number of hydrogen-bond acceptors (Lipinski definition) is 4. The monoisotopic (exact) mass is 397 g/mol. The lowest BCUT2D eigenvalue weighted by atomic mass is 9.90. The number of anilines is 1. The molecule has 2 aliphatic rings. The predicted octanol–water partition coefficient (Wildman–Crippen LogP) is 5.78. The van der Waals surface area contributed by atoms with Gasteiger partial charge in [0.05, 0.1) is 6.61 Å². The van der Waals surface area contributed by atoms with Crippen LogP contribution in [-0.4, -0.2) is 19.7 Å². The van der Waals surface area contributed by atoms with Crippen LogP contribution in [-0.2, 0) is 12.8 Å². The van der Waals surface area contributed by atoms with Gasteiger partial charge in [-0.05, 0) is 91.6 Å². The zero-order chi connectivity index (χ0) is 19.0. The second-order valence-electron chi connectivity index (χ2n) is 7.44. The Bertz CT molecular complexity index is 872. The highest BCUT2D eigenvalue weighted by atomic mass is 32.1. The van der Waals surface area contributed by atoms with E-state index in [0.29, 0.717) is 6.61 Å². The molecule has 0 radical (unpaired) electrons. The van der Waals surface area contributed by atoms with Crippen molar-refractivity contribution in [1.82, 2.24) is 0 Å². The quantitative estimate of drug-likeness (QED) is 0.501. The minimum atomic E-state index is 0.659. The van der Waals surface area contributed by atoms with Gasteiger partial charge in [-0.15, -0.1) is 25.3 Å². The second-order valence-corrected chi connectivity index (χ2v) is 8.34. The van der Waals surface area contributed by atoms with Gasteiger partial charge in [-0.3, -0.25) is 0 Å². The van der Waals surface area contributed by atoms with Crippen LogP contribution in [0.15, 0.2) is 30.3 Å². The molecule has 0 N–H and O–H groups in total. The maximum absolute atomic E-state index is 5.68. The van der Waals surface area contributed by atoms with E-state index >= 15 is 0 Å². The number of nitrogens with zero attached hydrogens (tertiary/aromatic N) is 1. The molecule has 0 amide bonds. The molecule has 2 aromatic rings. The minimum absolute atomic E-state index is 0.659. The molecular formula is C23H27NOS2. The van der Waals surface area contributed by atoms with Crippen LogP contribution in [0.4, 0.5) is 5.69 Å². The molecule has 0 aromatic heterocycles. The Morgan fingerprint density at radius 3 is 2.30 bits per heavy atom. The zero-order valence-corrected chi connectivity index (χ0v) is 17.9. The maximum Gasteiger partial charge on any atom is 0.119 e. The summed E-state index contributed by atoms with van der Waals surface area (Å²) < 4.78 is 5.68. The summed E-state index contributed by atoms with van der Waals surface area (Å²) in [5.41, 5.74) is 7.89. The van der Waals surface area contributed by atoms with Gasteiger partial charge in [-0.25, -0.2) is 0 Å². The predicted molar refractivity (Wildman–Crippen MR) is 122 cm³/mol. The third-order valence-electron chi connectivity index (χ3n) is 5.61. The lowest BCUT2D eigenvalue weighted by molar-refractivity contribution is 0.340. The van der Waals surface area contributed by atoms with E-state index in [0.717, 1.165) is 34.0 Å². The van der Waals surface area contributed by atoms with Crippen LogP contribution in [0.25, 0.3) is 9.81 Å². The average Bonchev–Trinajstić information content (AvgIpc) is 2.69. The Morgan fingerprint density at radius 1 is 1.00 bits per heavy atom. The van der Waals surface area contributed by atoms with Crippen molar-refractivity contribution in [1.29, 1.82) is 0 Å². The molecule has 0 bridgehead atoms. The molecule has 0 saturated heterocycles. The summed E-state index contributed by atoms with van der Waals surface area (Å²) in [5, 5.41) is 0. The van der Waals surface area contributed by atoms with Crippen LogP contribution in [0.2, 0.25) is 0 Å². The zero-order valence-electron chi connectivity index (χ0n) is 16.1. The molecule has 0 fully saturated rings. The molecular weight excluding hydrogens is 370 g/mol. The third kappa shape index (κ3) is 3.62. The number of ether oxygens (including phenoxy) is 1. The van der Waals surface area contributed by atoms with E-state index in [-0.39, 0.29) is 0 Å².